The second-order valence-corrected chi connectivity index (χ2v) is 4.73. The van der Waals surface area contributed by atoms with E-state index in [9.17, 15) is 8.78 Å². The van der Waals surface area contributed by atoms with E-state index in [-0.39, 0.29) is 6.42 Å². The lowest BCUT2D eigenvalue weighted by Gasteiger charge is -2.20. The van der Waals surface area contributed by atoms with E-state index in [0.717, 1.165) is 11.0 Å². The summed E-state index contributed by atoms with van der Waals surface area (Å²) < 4.78 is 28.2. The number of halogens is 3. The van der Waals surface area contributed by atoms with Crippen molar-refractivity contribution in [1.82, 2.24) is 15.0 Å². The highest BCUT2D eigenvalue weighted by Gasteiger charge is 2.37. The van der Waals surface area contributed by atoms with Gasteiger partial charge in [0, 0.05) is 13.0 Å². The molecule has 1 atom stereocenters. The first-order valence-corrected chi connectivity index (χ1v) is 6.32. The molecule has 0 radical (unpaired) electrons. The van der Waals surface area contributed by atoms with E-state index in [0.29, 0.717) is 12.4 Å². The second kappa shape index (κ2) is 5.40. The van der Waals surface area contributed by atoms with Crippen LogP contribution in [-0.4, -0.2) is 21.0 Å². The van der Waals surface area contributed by atoms with Crippen molar-refractivity contribution in [3.8, 4) is 0 Å². The quantitative estimate of drug-likeness (QED) is 0.504. The number of hydrazine groups is 1. The maximum Gasteiger partial charge on any atom is 0.338 e. The van der Waals surface area contributed by atoms with Gasteiger partial charge in [0.05, 0.1) is 11.0 Å². The molecular weight excluding hydrogens is 274 g/mol. The fraction of sp³-hybridized carbons (Fsp3) is 0.417. The zero-order valence-electron chi connectivity index (χ0n) is 10.4. The van der Waals surface area contributed by atoms with Crippen LogP contribution < -0.4 is 11.3 Å². The van der Waals surface area contributed by atoms with Crippen LogP contribution in [0.3, 0.4) is 0 Å². The summed E-state index contributed by atoms with van der Waals surface area (Å²) >= 11 is 5.03. The van der Waals surface area contributed by atoms with E-state index in [1.165, 1.54) is 0 Å². The van der Waals surface area contributed by atoms with Crippen LogP contribution in [0.5, 0.6) is 0 Å². The predicted molar refractivity (Wildman–Crippen MR) is 71.0 cm³/mol. The van der Waals surface area contributed by atoms with Gasteiger partial charge < -0.3 is 4.57 Å². The average Bonchev–Trinajstić information content (AvgIpc) is 2.71. The number of nitrogens with zero attached hydrogens (tertiary/aromatic N) is 2. The van der Waals surface area contributed by atoms with Crippen LogP contribution in [0.25, 0.3) is 11.0 Å². The van der Waals surface area contributed by atoms with Gasteiger partial charge in [0.25, 0.3) is 0 Å². The number of imidazole rings is 1. The Morgan fingerprint density at radius 2 is 2.16 bits per heavy atom. The molecule has 1 aromatic heterocycles. The Morgan fingerprint density at radius 3 is 2.74 bits per heavy atom. The molecule has 104 valence electrons. The molecule has 0 saturated carbocycles. The number of aryl methyl sites for hydroxylation is 1. The third kappa shape index (κ3) is 2.86. The van der Waals surface area contributed by atoms with Crippen molar-refractivity contribution < 1.29 is 8.78 Å². The van der Waals surface area contributed by atoms with E-state index >= 15 is 0 Å². The molecule has 0 aliphatic rings. The lowest BCUT2D eigenvalue weighted by molar-refractivity contribution is 0.0492. The molecule has 3 N–H and O–H groups in total. The minimum absolute atomic E-state index is 0.0461. The predicted octanol–water partition coefficient (Wildman–Crippen LogP) is 2.26. The number of rotatable bonds is 5. The molecular formula is C12H15ClF2N4. The van der Waals surface area contributed by atoms with Crippen molar-refractivity contribution in [1.29, 1.82) is 0 Å². The van der Waals surface area contributed by atoms with E-state index in [1.54, 1.807) is 0 Å². The third-order valence-electron chi connectivity index (χ3n) is 3.03. The average molecular weight is 289 g/mol. The molecule has 2 rings (SSSR count). The van der Waals surface area contributed by atoms with E-state index in [4.69, 9.17) is 17.4 Å². The normalized spacial score (nSPS) is 13.9. The summed E-state index contributed by atoms with van der Waals surface area (Å²) in [5.41, 5.74) is 3.73. The van der Waals surface area contributed by atoms with Crippen LogP contribution in [0.1, 0.15) is 12.7 Å². The molecule has 19 heavy (non-hydrogen) atoms. The van der Waals surface area contributed by atoms with Gasteiger partial charge in [-0.15, -0.1) is 0 Å². The minimum atomic E-state index is -3.43. The van der Waals surface area contributed by atoms with Crippen molar-refractivity contribution in [2.24, 2.45) is 5.84 Å². The Morgan fingerprint density at radius 1 is 1.47 bits per heavy atom. The van der Waals surface area contributed by atoms with Gasteiger partial charge in [-0.3, -0.25) is 5.84 Å². The zero-order chi connectivity index (χ0) is 14.0. The summed E-state index contributed by atoms with van der Waals surface area (Å²) in [5.74, 6) is 5.68. The van der Waals surface area contributed by atoms with Crippen LogP contribution in [0, 0.1) is 0 Å². The number of nitrogens with one attached hydrogen (secondary N) is 1. The van der Waals surface area contributed by atoms with Gasteiger partial charge in [-0.2, -0.15) is 8.78 Å². The smallest absolute Gasteiger partial charge is 0.328 e. The molecule has 0 bridgehead atoms. The first-order chi connectivity index (χ1) is 8.97. The fourth-order valence-electron chi connectivity index (χ4n) is 2.09. The van der Waals surface area contributed by atoms with Gasteiger partial charge in [-0.1, -0.05) is 12.1 Å². The van der Waals surface area contributed by atoms with Gasteiger partial charge >= 0.3 is 5.38 Å². The largest absolute Gasteiger partial charge is 0.338 e. The van der Waals surface area contributed by atoms with Crippen LogP contribution >= 0.6 is 11.6 Å². The number of hydrogen-bond acceptors (Lipinski definition) is 3. The molecule has 4 nitrogen and oxygen atoms in total. The van der Waals surface area contributed by atoms with E-state index in [2.05, 4.69) is 10.4 Å². The fourth-order valence-corrected chi connectivity index (χ4v) is 2.23. The van der Waals surface area contributed by atoms with E-state index in [1.807, 2.05) is 35.8 Å². The third-order valence-corrected chi connectivity index (χ3v) is 3.30. The van der Waals surface area contributed by atoms with Crippen molar-refractivity contribution >= 4 is 22.6 Å². The highest BCUT2D eigenvalue weighted by Crippen LogP contribution is 2.26. The number of hydrogen-bond donors (Lipinski definition) is 2. The summed E-state index contributed by atoms with van der Waals surface area (Å²) in [6, 6.07) is 6.12. The molecule has 1 unspecified atom stereocenters. The molecule has 0 fully saturated rings. The van der Waals surface area contributed by atoms with Crippen LogP contribution in [0.2, 0.25) is 0 Å². The summed E-state index contributed by atoms with van der Waals surface area (Å²) in [5, 5.41) is -3.43. The van der Waals surface area contributed by atoms with Crippen LogP contribution in [0.4, 0.5) is 8.78 Å². The lowest BCUT2D eigenvalue weighted by Crippen LogP contribution is -2.47. The van der Waals surface area contributed by atoms with E-state index < -0.39 is 11.4 Å². The highest BCUT2D eigenvalue weighted by molar-refractivity contribution is 6.22. The number of benzene rings is 1. The van der Waals surface area contributed by atoms with Crippen molar-refractivity contribution in [2.45, 2.75) is 31.3 Å². The number of para-hydroxylation sites is 2. The summed E-state index contributed by atoms with van der Waals surface area (Å²) in [7, 11) is 0. The first-order valence-electron chi connectivity index (χ1n) is 5.94. The first kappa shape index (κ1) is 14.2. The summed E-state index contributed by atoms with van der Waals surface area (Å²) in [4.78, 5) is 4.36. The Labute approximate surface area is 114 Å². The Balaban J connectivity index is 2.39. The number of aromatic nitrogens is 2. The molecule has 0 aliphatic carbocycles. The van der Waals surface area contributed by atoms with Crippen molar-refractivity contribution in [2.75, 3.05) is 0 Å². The number of nitrogens with two attached hydrogens (primary N) is 1. The van der Waals surface area contributed by atoms with Crippen LogP contribution in [-0.2, 0) is 13.0 Å². The molecule has 1 heterocycles. The molecule has 7 heteroatoms. The maximum absolute atomic E-state index is 13.1. The maximum atomic E-state index is 13.1. The molecule has 0 saturated heterocycles. The zero-order valence-corrected chi connectivity index (χ0v) is 11.2. The molecule has 1 aromatic carbocycles. The molecule has 2 aromatic rings. The van der Waals surface area contributed by atoms with Gasteiger partial charge in [0.15, 0.2) is 0 Å². The van der Waals surface area contributed by atoms with Gasteiger partial charge in [-0.05, 0) is 30.7 Å². The second-order valence-electron chi connectivity index (χ2n) is 4.23. The van der Waals surface area contributed by atoms with Crippen molar-refractivity contribution in [3.05, 3.63) is 30.1 Å². The van der Waals surface area contributed by atoms with Gasteiger partial charge in [0.2, 0.25) is 0 Å². The Kier molecular flexibility index (Phi) is 4.03. The number of fused-ring (bicyclic) bond motifs is 1. The van der Waals surface area contributed by atoms with Gasteiger partial charge in [-0.25, -0.2) is 10.4 Å². The topological polar surface area (TPSA) is 55.9 Å². The SMILES string of the molecule is CCn1c(CC(NN)C(F)(F)Cl)nc2ccccc21. The number of alkyl halides is 3. The Hall–Kier alpha value is -1.24. The molecule has 0 amide bonds. The lowest BCUT2D eigenvalue weighted by atomic mass is 10.2. The Bertz CT molecular complexity index is 564. The highest BCUT2D eigenvalue weighted by atomic mass is 35.5. The molecule has 0 aliphatic heterocycles. The van der Waals surface area contributed by atoms with Crippen LogP contribution in [0.15, 0.2) is 24.3 Å². The van der Waals surface area contributed by atoms with Crippen molar-refractivity contribution in [3.63, 3.8) is 0 Å². The monoisotopic (exact) mass is 288 g/mol. The molecule has 0 spiro atoms. The van der Waals surface area contributed by atoms with Gasteiger partial charge in [0.1, 0.15) is 11.9 Å². The minimum Gasteiger partial charge on any atom is -0.328 e. The summed E-state index contributed by atoms with van der Waals surface area (Å²) in [6.07, 6.45) is -0.0461. The standard InChI is InChI=1S/C12H15ClF2N4/c1-2-19-9-6-4-3-5-8(9)17-11(19)7-10(18-16)12(13,14)15/h3-6,10,18H,2,7,16H2,1H3. The summed E-state index contributed by atoms with van der Waals surface area (Å²) in [6.45, 7) is 2.57.